The van der Waals surface area contributed by atoms with Crippen LogP contribution in [0.5, 0.6) is 0 Å². The fraction of sp³-hybridized carbons (Fsp3) is 0.385. The molecule has 1 aromatic carbocycles. The average Bonchev–Trinajstić information content (AvgIpc) is 2.37. The summed E-state index contributed by atoms with van der Waals surface area (Å²) in [7, 11) is 0. The summed E-state index contributed by atoms with van der Waals surface area (Å²) in [6.07, 6.45) is -4.89. The van der Waals surface area contributed by atoms with Crippen LogP contribution in [-0.4, -0.2) is 23.7 Å². The van der Waals surface area contributed by atoms with E-state index in [2.05, 4.69) is 10.6 Å². The number of carboxylic acids is 1. The van der Waals surface area contributed by atoms with E-state index in [1.54, 1.807) is 0 Å². The van der Waals surface area contributed by atoms with Gasteiger partial charge in [0.25, 0.3) is 0 Å². The first kappa shape index (κ1) is 17.7. The summed E-state index contributed by atoms with van der Waals surface area (Å²) < 4.78 is 50.7. The van der Waals surface area contributed by atoms with Gasteiger partial charge in [-0.05, 0) is 32.0 Å². The van der Waals surface area contributed by atoms with Gasteiger partial charge in [-0.3, -0.25) is 4.79 Å². The minimum Gasteiger partial charge on any atom is -0.481 e. The molecular weight excluding hydrogens is 308 g/mol. The van der Waals surface area contributed by atoms with Gasteiger partial charge in [0, 0.05) is 12.2 Å². The molecule has 0 radical (unpaired) electrons. The highest BCUT2D eigenvalue weighted by atomic mass is 19.4. The Bertz CT molecular complexity index is 585. The molecule has 0 atom stereocenters. The molecule has 0 heterocycles. The minimum absolute atomic E-state index is 0.235. The lowest BCUT2D eigenvalue weighted by atomic mass is 9.94. The van der Waals surface area contributed by atoms with E-state index in [4.69, 9.17) is 5.11 Å². The number of carboxylic acid groups (broad SMARTS) is 1. The van der Waals surface area contributed by atoms with Crippen molar-refractivity contribution in [1.29, 1.82) is 0 Å². The maximum Gasteiger partial charge on any atom is 0.419 e. The number of urea groups is 1. The standard InChI is InChI=1S/C13H14F4N2O3/c1-12(2,10(20)21)6-18-11(22)19-7-3-4-9(14)8(5-7)13(15,16)17/h3-5H,6H2,1-2H3,(H,20,21)(H2,18,19,22). The molecule has 0 spiro atoms. The number of carbonyl (C=O) groups is 2. The van der Waals surface area contributed by atoms with Crippen molar-refractivity contribution in [2.45, 2.75) is 20.0 Å². The van der Waals surface area contributed by atoms with Crippen LogP contribution in [0.2, 0.25) is 0 Å². The first-order valence-electron chi connectivity index (χ1n) is 6.08. The quantitative estimate of drug-likeness (QED) is 0.746. The number of anilines is 1. The molecule has 0 unspecified atom stereocenters. The summed E-state index contributed by atoms with van der Waals surface area (Å²) in [5.74, 6) is -2.60. The smallest absolute Gasteiger partial charge is 0.419 e. The summed E-state index contributed by atoms with van der Waals surface area (Å²) >= 11 is 0. The predicted molar refractivity (Wildman–Crippen MR) is 69.8 cm³/mol. The number of carbonyl (C=O) groups excluding carboxylic acids is 1. The molecular formula is C13H14F4N2O3. The third-order valence-electron chi connectivity index (χ3n) is 2.80. The largest absolute Gasteiger partial charge is 0.481 e. The molecule has 0 aliphatic heterocycles. The lowest BCUT2D eigenvalue weighted by molar-refractivity contribution is -0.146. The summed E-state index contributed by atoms with van der Waals surface area (Å²) in [4.78, 5) is 22.4. The van der Waals surface area contributed by atoms with E-state index in [1.165, 1.54) is 13.8 Å². The van der Waals surface area contributed by atoms with Crippen molar-refractivity contribution in [3.63, 3.8) is 0 Å². The van der Waals surface area contributed by atoms with Gasteiger partial charge in [0.1, 0.15) is 5.82 Å². The van der Waals surface area contributed by atoms with E-state index < -0.39 is 35.0 Å². The zero-order valence-electron chi connectivity index (χ0n) is 11.7. The predicted octanol–water partition coefficient (Wildman–Crippen LogP) is 3.08. The van der Waals surface area contributed by atoms with E-state index in [0.717, 1.165) is 6.07 Å². The molecule has 0 aliphatic rings. The maximum absolute atomic E-state index is 13.1. The molecule has 5 nitrogen and oxygen atoms in total. The number of aliphatic carboxylic acids is 1. The normalized spacial score (nSPS) is 11.9. The summed E-state index contributed by atoms with van der Waals surface area (Å²) in [6, 6.07) is 1.11. The molecule has 1 aromatic rings. The second-order valence-electron chi connectivity index (χ2n) is 5.19. The van der Waals surface area contributed by atoms with E-state index in [1.807, 2.05) is 0 Å². The van der Waals surface area contributed by atoms with E-state index in [9.17, 15) is 27.2 Å². The first-order valence-corrected chi connectivity index (χ1v) is 6.08. The number of rotatable bonds is 4. The van der Waals surface area contributed by atoms with Crippen LogP contribution in [0.3, 0.4) is 0 Å². The van der Waals surface area contributed by atoms with Crippen molar-refractivity contribution >= 4 is 17.7 Å². The fourth-order valence-corrected chi connectivity index (χ4v) is 1.37. The van der Waals surface area contributed by atoms with Crippen molar-refractivity contribution in [3.05, 3.63) is 29.6 Å². The molecule has 2 amide bonds. The fourth-order valence-electron chi connectivity index (χ4n) is 1.37. The lowest BCUT2D eigenvalue weighted by Gasteiger charge is -2.19. The number of benzene rings is 1. The van der Waals surface area contributed by atoms with Gasteiger partial charge in [0.2, 0.25) is 0 Å². The Morgan fingerprint density at radius 1 is 1.23 bits per heavy atom. The molecule has 22 heavy (non-hydrogen) atoms. The van der Waals surface area contributed by atoms with Crippen molar-refractivity contribution in [1.82, 2.24) is 5.32 Å². The van der Waals surface area contributed by atoms with Gasteiger partial charge in [-0.15, -0.1) is 0 Å². The van der Waals surface area contributed by atoms with Crippen LogP contribution in [-0.2, 0) is 11.0 Å². The molecule has 0 aliphatic carbocycles. The van der Waals surface area contributed by atoms with Gasteiger partial charge in [-0.2, -0.15) is 13.2 Å². The van der Waals surface area contributed by atoms with Gasteiger partial charge in [-0.1, -0.05) is 0 Å². The third-order valence-corrected chi connectivity index (χ3v) is 2.80. The average molecular weight is 322 g/mol. The highest BCUT2D eigenvalue weighted by molar-refractivity contribution is 5.89. The molecule has 0 fully saturated rings. The molecule has 0 bridgehead atoms. The molecule has 122 valence electrons. The minimum atomic E-state index is -4.89. The molecule has 0 aromatic heterocycles. The highest BCUT2D eigenvalue weighted by Crippen LogP contribution is 2.32. The van der Waals surface area contributed by atoms with Crippen molar-refractivity contribution in [3.8, 4) is 0 Å². The molecule has 0 saturated carbocycles. The summed E-state index contributed by atoms with van der Waals surface area (Å²) in [5.41, 5.74) is -3.01. The monoisotopic (exact) mass is 322 g/mol. The SMILES string of the molecule is CC(C)(CNC(=O)Nc1ccc(F)c(C(F)(F)F)c1)C(=O)O. The topological polar surface area (TPSA) is 78.4 Å². The first-order chi connectivity index (χ1) is 9.93. The molecule has 9 heteroatoms. The number of hydrogen-bond donors (Lipinski definition) is 3. The van der Waals surface area contributed by atoms with Gasteiger partial charge < -0.3 is 15.7 Å². The third kappa shape index (κ3) is 4.61. The Kier molecular flexibility index (Phi) is 5.00. The summed E-state index contributed by atoms with van der Waals surface area (Å²) in [5, 5.41) is 13.2. The second-order valence-corrected chi connectivity index (χ2v) is 5.19. The Labute approximate surface area is 123 Å². The zero-order chi connectivity index (χ0) is 17.1. The zero-order valence-corrected chi connectivity index (χ0v) is 11.7. The van der Waals surface area contributed by atoms with Crippen LogP contribution < -0.4 is 10.6 Å². The van der Waals surface area contributed by atoms with E-state index in [-0.39, 0.29) is 12.2 Å². The molecule has 0 saturated heterocycles. The Morgan fingerprint density at radius 2 is 1.82 bits per heavy atom. The van der Waals surface area contributed by atoms with Crippen LogP contribution in [0.15, 0.2) is 18.2 Å². The lowest BCUT2D eigenvalue weighted by Crippen LogP contribution is -2.40. The van der Waals surface area contributed by atoms with E-state index >= 15 is 0 Å². The Hall–Kier alpha value is -2.32. The van der Waals surface area contributed by atoms with Gasteiger partial charge in [0.05, 0.1) is 11.0 Å². The van der Waals surface area contributed by atoms with Crippen molar-refractivity contribution < 1.29 is 32.3 Å². The highest BCUT2D eigenvalue weighted by Gasteiger charge is 2.34. The van der Waals surface area contributed by atoms with E-state index in [0.29, 0.717) is 12.1 Å². The number of amides is 2. The van der Waals surface area contributed by atoms with Gasteiger partial charge >= 0.3 is 18.2 Å². The number of hydrogen-bond acceptors (Lipinski definition) is 2. The van der Waals surface area contributed by atoms with Crippen LogP contribution in [0.4, 0.5) is 28.0 Å². The molecule has 1 rings (SSSR count). The molecule has 3 N–H and O–H groups in total. The second kappa shape index (κ2) is 6.20. The van der Waals surface area contributed by atoms with Crippen LogP contribution in [0.1, 0.15) is 19.4 Å². The number of nitrogens with one attached hydrogen (secondary N) is 2. The Morgan fingerprint density at radius 3 is 2.32 bits per heavy atom. The van der Waals surface area contributed by atoms with Gasteiger partial charge in [-0.25, -0.2) is 9.18 Å². The number of halogens is 4. The van der Waals surface area contributed by atoms with Crippen molar-refractivity contribution in [2.24, 2.45) is 5.41 Å². The maximum atomic E-state index is 13.1. The van der Waals surface area contributed by atoms with Crippen LogP contribution in [0.25, 0.3) is 0 Å². The van der Waals surface area contributed by atoms with Crippen molar-refractivity contribution in [2.75, 3.05) is 11.9 Å². The Balaban J connectivity index is 2.76. The number of alkyl halides is 3. The van der Waals surface area contributed by atoms with Gasteiger partial charge in [0.15, 0.2) is 0 Å². The summed E-state index contributed by atoms with van der Waals surface area (Å²) in [6.45, 7) is 2.51. The van der Waals surface area contributed by atoms with Crippen LogP contribution >= 0.6 is 0 Å². The van der Waals surface area contributed by atoms with Crippen LogP contribution in [0, 0.1) is 11.2 Å².